The number of fused-ring (bicyclic) bond motifs is 1. The maximum atomic E-state index is 11.6. The molecule has 1 aromatic heterocycles. The standard InChI is InChI=1S/C28H24N8O10S2.2Li.Na/c1-2-42-17-7-4-15(5-8-17)30-27-32-25(26(38)39)33-28(34-27)31-16-6-10-20(22(12-16)48-46-44-41)35-36-24-19(29)9-3-14-11-18(47-45-43-40)13-21(37)23(14)24;;;/h3-13,37,40-41H,2,29H2,1H3,(H,38,39)(H2,30,31,32,33,34);;;/q;3*+1/p-3. The largest absolute Gasteiger partial charge is 1.00 e. The van der Waals surface area contributed by atoms with Crippen LogP contribution in [0.1, 0.15) is 17.5 Å². The van der Waals surface area contributed by atoms with Gasteiger partial charge in [0.05, 0.1) is 46.7 Å². The van der Waals surface area contributed by atoms with Gasteiger partial charge in [-0.25, -0.2) is 0 Å². The summed E-state index contributed by atoms with van der Waals surface area (Å²) in [6, 6.07) is 17.4. The van der Waals surface area contributed by atoms with Gasteiger partial charge in [0.25, 0.3) is 0 Å². The van der Waals surface area contributed by atoms with Gasteiger partial charge in [-0.05, 0) is 73.0 Å². The third-order valence-corrected chi connectivity index (χ3v) is 7.28. The fourth-order valence-electron chi connectivity index (χ4n) is 4.16. The second kappa shape index (κ2) is 21.4. The Morgan fingerprint density at radius 2 is 1.53 bits per heavy atom. The summed E-state index contributed by atoms with van der Waals surface area (Å²) in [7, 11) is 0. The third-order valence-electron chi connectivity index (χ3n) is 6.10. The summed E-state index contributed by atoms with van der Waals surface area (Å²) in [6.07, 6.45) is 0. The molecule has 18 nitrogen and oxygen atoms in total. The number of anilines is 5. The maximum Gasteiger partial charge on any atom is 1.00 e. The van der Waals surface area contributed by atoms with Crippen LogP contribution < -0.4 is 104 Å². The van der Waals surface area contributed by atoms with E-state index in [9.17, 15) is 25.5 Å². The molecular formula is C28H21Li2N8NaO10S2. The van der Waals surface area contributed by atoms with Gasteiger partial charge in [0, 0.05) is 16.3 Å². The number of benzene rings is 4. The minimum atomic E-state index is -1.64. The Balaban J connectivity index is 0.00000300. The van der Waals surface area contributed by atoms with Crippen molar-refractivity contribution < 1.29 is 116 Å². The maximum absolute atomic E-state index is 11.6. The number of carbonyl (C=O) groups is 1. The average molecular weight is 731 g/mol. The van der Waals surface area contributed by atoms with Gasteiger partial charge in [0.15, 0.2) is 5.82 Å². The predicted molar refractivity (Wildman–Crippen MR) is 165 cm³/mol. The molecule has 51 heavy (non-hydrogen) atoms. The number of phenolic OH excluding ortho intramolecular Hbond substituents is 1. The summed E-state index contributed by atoms with van der Waals surface area (Å²) in [4.78, 5) is 24.2. The van der Waals surface area contributed by atoms with E-state index in [4.69, 9.17) is 10.5 Å². The summed E-state index contributed by atoms with van der Waals surface area (Å²) >= 11 is 1.10. The van der Waals surface area contributed by atoms with Crippen LogP contribution in [0.3, 0.4) is 0 Å². The molecule has 248 valence electrons. The number of carbonyl (C=O) groups excluding carboxylic acids is 1. The van der Waals surface area contributed by atoms with Crippen molar-refractivity contribution in [1.29, 1.82) is 0 Å². The summed E-state index contributed by atoms with van der Waals surface area (Å²) in [6.45, 7) is 2.35. The van der Waals surface area contributed by atoms with Crippen LogP contribution in [0.25, 0.3) is 10.8 Å². The molecule has 0 aliphatic carbocycles. The number of nitrogens with one attached hydrogen (secondary N) is 2. The predicted octanol–water partition coefficient (Wildman–Crippen LogP) is -5.55. The van der Waals surface area contributed by atoms with E-state index in [0.717, 1.165) is 0 Å². The molecule has 0 atom stereocenters. The molecule has 5 rings (SSSR count). The second-order valence-corrected chi connectivity index (χ2v) is 10.7. The molecule has 0 fully saturated rings. The molecule has 5 aromatic rings. The quantitative estimate of drug-likeness (QED) is 0.0195. The number of hydrogen-bond acceptors (Lipinski definition) is 20. The van der Waals surface area contributed by atoms with E-state index < -0.39 is 11.8 Å². The molecule has 0 unspecified atom stereocenters. The van der Waals surface area contributed by atoms with Crippen molar-refractivity contribution in [2.24, 2.45) is 10.2 Å². The number of nitrogen functional groups attached to an aromatic ring is 1. The van der Waals surface area contributed by atoms with E-state index in [1.54, 1.807) is 42.5 Å². The number of phenols is 1. The van der Waals surface area contributed by atoms with Gasteiger partial charge in [-0.2, -0.15) is 23.6 Å². The van der Waals surface area contributed by atoms with Crippen molar-refractivity contribution in [3.05, 3.63) is 72.6 Å². The fraction of sp³-hybridized carbons (Fsp3) is 0.0714. The number of hydrogen-bond donors (Lipinski definition) is 4. The van der Waals surface area contributed by atoms with Crippen molar-refractivity contribution in [2.45, 2.75) is 16.7 Å². The van der Waals surface area contributed by atoms with Crippen molar-refractivity contribution in [1.82, 2.24) is 15.0 Å². The zero-order valence-electron chi connectivity index (χ0n) is 27.3. The van der Waals surface area contributed by atoms with Crippen LogP contribution in [0.5, 0.6) is 11.5 Å². The SMILES string of the molecule is CCOc1ccc(Nc2nc(Nc3ccc(N=Nc4c(N)ccc5cc(SOO[O-])cc(O)c45)c(SOO[O-])c3)nc(C(=O)[O-])n2)cc1.[Li+].[Li+].[Na+]. The smallest absolute Gasteiger partial charge is 0.691 e. The van der Waals surface area contributed by atoms with E-state index in [0.29, 0.717) is 58.1 Å². The van der Waals surface area contributed by atoms with Crippen molar-refractivity contribution >= 4 is 81.2 Å². The van der Waals surface area contributed by atoms with Crippen molar-refractivity contribution in [2.75, 3.05) is 23.0 Å². The molecule has 0 bridgehead atoms. The molecule has 5 N–H and O–H groups in total. The first-order valence-electron chi connectivity index (χ1n) is 13.4. The molecule has 0 saturated heterocycles. The molecule has 23 heteroatoms. The number of aromatic nitrogens is 3. The zero-order chi connectivity index (χ0) is 34.0. The third kappa shape index (κ3) is 12.0. The number of azo groups is 1. The van der Waals surface area contributed by atoms with Gasteiger partial charge >= 0.3 is 67.3 Å². The molecule has 0 aliphatic heterocycles. The first-order chi connectivity index (χ1) is 23.3. The summed E-state index contributed by atoms with van der Waals surface area (Å²) < 4.78 is 14.3. The Morgan fingerprint density at radius 3 is 2.18 bits per heavy atom. The number of nitrogens with two attached hydrogens (primary N) is 1. The molecule has 4 aromatic carbocycles. The fourth-order valence-corrected chi connectivity index (χ4v) is 5.07. The first kappa shape index (κ1) is 44.0. The first-order valence-corrected chi connectivity index (χ1v) is 14.9. The van der Waals surface area contributed by atoms with E-state index in [2.05, 4.69) is 54.6 Å². The molecule has 0 amide bonds. The Bertz CT molecular complexity index is 1970. The van der Waals surface area contributed by atoms with Gasteiger partial charge in [0.1, 0.15) is 28.8 Å². The normalized spacial score (nSPS) is 10.6. The number of nitrogens with zero attached hydrogens (tertiary/aromatic N) is 5. The van der Waals surface area contributed by atoms with Crippen LogP contribution in [0.15, 0.2) is 86.7 Å². The van der Waals surface area contributed by atoms with E-state index in [1.165, 1.54) is 24.3 Å². The Hall–Kier alpha value is -3.13. The minimum absolute atomic E-state index is 0. The number of carboxylic acids is 1. The van der Waals surface area contributed by atoms with Crippen LogP contribution in [-0.4, -0.2) is 32.6 Å². The molecule has 0 spiro atoms. The summed E-state index contributed by atoms with van der Waals surface area (Å²) in [5.74, 6) is -2.11. The average Bonchev–Trinajstić information content (AvgIpc) is 3.07. The Kier molecular flexibility index (Phi) is 18.5. The van der Waals surface area contributed by atoms with Gasteiger partial charge < -0.3 is 46.6 Å². The van der Waals surface area contributed by atoms with Crippen LogP contribution in [0.4, 0.5) is 40.3 Å². The van der Waals surface area contributed by atoms with Crippen LogP contribution in [-0.2, 0) is 18.7 Å². The van der Waals surface area contributed by atoms with E-state index in [-0.39, 0.29) is 112 Å². The van der Waals surface area contributed by atoms with E-state index in [1.807, 2.05) is 6.92 Å². The van der Waals surface area contributed by atoms with Gasteiger partial charge in [-0.3, -0.25) is 10.1 Å². The molecule has 0 radical (unpaired) electrons. The number of aromatic hydroxyl groups is 1. The number of ether oxygens (including phenoxy) is 1. The summed E-state index contributed by atoms with van der Waals surface area (Å²) in [5, 5.41) is 65.0. The molecular weight excluding hydrogens is 709 g/mol. The molecule has 0 aliphatic rings. The molecule has 1 heterocycles. The summed E-state index contributed by atoms with van der Waals surface area (Å²) in [5.41, 5.74) is 7.48. The monoisotopic (exact) mass is 730 g/mol. The van der Waals surface area contributed by atoms with Crippen LogP contribution >= 0.6 is 24.1 Å². The van der Waals surface area contributed by atoms with Gasteiger partial charge in [-0.15, -0.1) is 10.2 Å². The Labute approximate surface area is 343 Å². The van der Waals surface area contributed by atoms with Crippen molar-refractivity contribution in [3.8, 4) is 11.5 Å². The Morgan fingerprint density at radius 1 is 0.882 bits per heavy atom. The number of rotatable bonds is 15. The zero-order valence-corrected chi connectivity index (χ0v) is 30.9. The number of aromatic carboxylic acids is 1. The number of carboxylic acid groups (broad SMARTS) is 1. The van der Waals surface area contributed by atoms with E-state index >= 15 is 0 Å². The minimum Gasteiger partial charge on any atom is -0.691 e. The van der Waals surface area contributed by atoms with Gasteiger partial charge in [-0.1, -0.05) is 6.07 Å². The van der Waals surface area contributed by atoms with Crippen molar-refractivity contribution in [3.63, 3.8) is 0 Å². The second-order valence-electron chi connectivity index (χ2n) is 9.17. The van der Waals surface area contributed by atoms with Gasteiger partial charge in [0.2, 0.25) is 11.9 Å². The molecule has 0 saturated carbocycles. The van der Waals surface area contributed by atoms with Crippen LogP contribution in [0, 0.1) is 0 Å². The van der Waals surface area contributed by atoms with Crippen LogP contribution in [0.2, 0.25) is 0 Å². The topological polar surface area (TPSA) is 266 Å².